The molecule has 0 aromatic heterocycles. The molecule has 5 aromatic carbocycles. The highest BCUT2D eigenvalue weighted by molar-refractivity contribution is 6.09. The number of aromatic hydroxyl groups is 1. The van der Waals surface area contributed by atoms with E-state index in [4.69, 9.17) is 32.8 Å². The first-order valence-electron chi connectivity index (χ1n) is 30.3. The molecule has 5 aromatic rings. The number of halogens is 1. The number of Topliss-reactive ketones (excluding diaryl/α,β-unsaturated/α-hetero) is 1. The van der Waals surface area contributed by atoms with Crippen molar-refractivity contribution in [1.82, 2.24) is 10.6 Å². The van der Waals surface area contributed by atoms with E-state index >= 15 is 9.18 Å². The Balaban J connectivity index is 0.986. The second-order valence-corrected chi connectivity index (χ2v) is 25.0. The number of rotatable bonds is 16. The first-order valence-corrected chi connectivity index (χ1v) is 30.3. The smallest absolute Gasteiger partial charge is 0.338 e. The molecule has 11 rings (SSSR count). The zero-order valence-corrected chi connectivity index (χ0v) is 52.2. The van der Waals surface area contributed by atoms with Crippen molar-refractivity contribution in [3.8, 4) is 28.2 Å². The predicted molar refractivity (Wildman–Crippen MR) is 332 cm³/mol. The lowest BCUT2D eigenvalue weighted by Gasteiger charge is -2.67. The monoisotopic (exact) mass is 1300 g/mol. The Hall–Kier alpha value is -10.4. The molecule has 2 aliphatic heterocycles. The summed E-state index contributed by atoms with van der Waals surface area (Å²) in [5, 5.41) is 52.4. The molecule has 95 heavy (non-hydrogen) atoms. The number of aliphatic hydroxyl groups is 2. The lowest BCUT2D eigenvalue weighted by atomic mass is 9.44. The molecule has 2 bridgehead atoms. The first-order chi connectivity index (χ1) is 45.0. The van der Waals surface area contributed by atoms with E-state index in [1.165, 1.54) is 95.3 Å². The van der Waals surface area contributed by atoms with Gasteiger partial charge in [-0.05, 0) is 97.6 Å². The molecule has 0 spiro atoms. The van der Waals surface area contributed by atoms with Crippen molar-refractivity contribution in [3.63, 3.8) is 0 Å². The minimum atomic E-state index is -2.64. The SMILES string of the molecule is CC(=O)O[C@H]1C(=O)[C@@]2(C)C([C@H](OC(=O)c3ccccc3)[C@]3(O)C[C@H](OC(=O)[C@H](O)[C@@H](NC(=O)c4ccccc4)c4ccccc4)C(C)=C1C3(C)C)[C@]1(OC(C)=O)CO[C@@H]1C[C@@H]2OC(=O)C(C)NC(=O)c1ccc(-c2c3ccc(=O)cc-3oc3cc(O)c(F)cc23)c(C(=O)O)c1. The molecule has 6 aliphatic rings. The van der Waals surface area contributed by atoms with Gasteiger partial charge < -0.3 is 63.9 Å². The third-order valence-electron chi connectivity index (χ3n) is 18.9. The van der Waals surface area contributed by atoms with Gasteiger partial charge in [-0.25, -0.2) is 23.6 Å². The average molecular weight is 1300 g/mol. The normalized spacial score (nSPS) is 25.1. The van der Waals surface area contributed by atoms with Gasteiger partial charge in [0.25, 0.3) is 11.8 Å². The number of fused-ring (bicyclic) bond motifs is 7. The fraction of sp³-hybridized carbons (Fsp3) is 0.324. The summed E-state index contributed by atoms with van der Waals surface area (Å²) in [5.74, 6) is -13.7. The highest BCUT2D eigenvalue weighted by Gasteiger charge is 2.79. The molecule has 3 fully saturated rings. The molecule has 2 saturated carbocycles. The van der Waals surface area contributed by atoms with Crippen molar-refractivity contribution in [2.24, 2.45) is 16.7 Å². The zero-order chi connectivity index (χ0) is 68.4. The Morgan fingerprint density at radius 3 is 1.97 bits per heavy atom. The summed E-state index contributed by atoms with van der Waals surface area (Å²) in [6.07, 6.45) is -12.3. The molecular formula is C71H65FN2O21. The molecule has 2 heterocycles. The zero-order valence-electron chi connectivity index (χ0n) is 52.2. The number of amides is 2. The van der Waals surface area contributed by atoms with Crippen LogP contribution in [-0.4, -0.2) is 134 Å². The molecule has 12 atom stereocenters. The largest absolute Gasteiger partial charge is 0.505 e. The van der Waals surface area contributed by atoms with E-state index in [1.54, 1.807) is 54.6 Å². The molecule has 24 heteroatoms. The van der Waals surface area contributed by atoms with Gasteiger partial charge in [0.15, 0.2) is 40.6 Å². The van der Waals surface area contributed by atoms with Gasteiger partial charge in [0.2, 0.25) is 0 Å². The van der Waals surface area contributed by atoms with E-state index in [0.717, 1.165) is 38.1 Å². The number of carbonyl (C=O) groups is 9. The van der Waals surface area contributed by atoms with Crippen molar-refractivity contribution in [3.05, 3.63) is 195 Å². The van der Waals surface area contributed by atoms with Gasteiger partial charge in [-0.3, -0.25) is 28.8 Å². The minimum Gasteiger partial charge on any atom is -0.505 e. The molecule has 4 aliphatic carbocycles. The number of benzene rings is 6. The summed E-state index contributed by atoms with van der Waals surface area (Å²) in [5.41, 5.74) is -10.00. The molecule has 2 unspecified atom stereocenters. The number of aromatic carboxylic acids is 1. The summed E-state index contributed by atoms with van der Waals surface area (Å²) < 4.78 is 58.5. The van der Waals surface area contributed by atoms with Crippen LogP contribution in [0, 0.1) is 22.6 Å². The summed E-state index contributed by atoms with van der Waals surface area (Å²) in [7, 11) is 0. The van der Waals surface area contributed by atoms with Crippen molar-refractivity contribution in [1.29, 1.82) is 0 Å². The summed E-state index contributed by atoms with van der Waals surface area (Å²) >= 11 is 0. The van der Waals surface area contributed by atoms with E-state index < -0.39 is 172 Å². The lowest BCUT2D eigenvalue weighted by Crippen LogP contribution is -2.82. The number of ketones is 1. The topological polar surface area (TPSA) is 344 Å². The highest BCUT2D eigenvalue weighted by atomic mass is 19.1. The quantitative estimate of drug-likeness (QED) is 0.0236. The Labute approximate surface area is 541 Å². The fourth-order valence-electron chi connectivity index (χ4n) is 14.2. The maximum Gasteiger partial charge on any atom is 0.338 e. The third kappa shape index (κ3) is 11.6. The first kappa shape index (κ1) is 66.0. The van der Waals surface area contributed by atoms with Gasteiger partial charge in [0.05, 0.1) is 35.1 Å². The van der Waals surface area contributed by atoms with Crippen molar-refractivity contribution in [2.45, 2.75) is 121 Å². The summed E-state index contributed by atoms with van der Waals surface area (Å²) in [4.78, 5) is 142. The van der Waals surface area contributed by atoms with Crippen LogP contribution in [0.25, 0.3) is 33.4 Å². The Bertz CT molecular complexity index is 4360. The number of phenols is 1. The Morgan fingerprint density at radius 1 is 0.716 bits per heavy atom. The maximum absolute atomic E-state index is 16.6. The summed E-state index contributed by atoms with van der Waals surface area (Å²) in [6.45, 7) is 8.46. The van der Waals surface area contributed by atoms with Crippen LogP contribution in [0.2, 0.25) is 0 Å². The number of hydrogen-bond donors (Lipinski definition) is 6. The number of aliphatic hydroxyl groups excluding tert-OH is 1. The van der Waals surface area contributed by atoms with Crippen LogP contribution in [0.1, 0.15) is 114 Å². The molecule has 6 N–H and O–H groups in total. The predicted octanol–water partition coefficient (Wildman–Crippen LogP) is 7.53. The Morgan fingerprint density at radius 2 is 1.35 bits per heavy atom. The second-order valence-electron chi connectivity index (χ2n) is 25.0. The van der Waals surface area contributed by atoms with E-state index in [2.05, 4.69) is 10.6 Å². The van der Waals surface area contributed by atoms with Crippen LogP contribution < -0.4 is 16.1 Å². The van der Waals surface area contributed by atoms with Crippen LogP contribution in [-0.2, 0) is 52.4 Å². The number of esters is 5. The molecule has 1 saturated heterocycles. The van der Waals surface area contributed by atoms with Gasteiger partial charge in [-0.15, -0.1) is 0 Å². The number of nitrogens with one attached hydrogen (secondary N) is 2. The van der Waals surface area contributed by atoms with Crippen LogP contribution in [0.4, 0.5) is 4.39 Å². The fourth-order valence-corrected chi connectivity index (χ4v) is 14.2. The number of phenolic OH excluding ortho intramolecular Hbond substituents is 1. The standard InChI is InChI=1S/C71H65FN2O21/c1-34-51(92-67(87)57(79)56(38-17-11-8-12-18-38)74-62(81)39-19-13-9-14-20-39)32-71(88)61(94-66(86)40-21-15-10-16-22-40)59-69(7,60(80)58(90-36(3)75)55(34)68(71,5)6)52(31-53-70(59,33-89-53)95-37(4)76)93-65(85)35(2)73-63(82)41-23-25-43(45(27-41)64(83)84)54-44-26-24-42(77)28-49(44)91-50-30-48(78)47(72)29-46(50)54/h8-30,35,51-53,56-59,61,78-79,88H,31-33H2,1-7H3,(H,73,82)(H,74,81)(H,83,84)/t35?,51-,52-,53+,56-,57+,58+,59?,61-,69+,70-,71+/m0/s1. The number of ether oxygens (including phenoxy) is 6. The van der Waals surface area contributed by atoms with Crippen LogP contribution in [0.5, 0.6) is 5.75 Å². The minimum absolute atomic E-state index is 0.00309. The van der Waals surface area contributed by atoms with Crippen molar-refractivity contribution in [2.75, 3.05) is 6.61 Å². The number of carboxylic acids is 1. The molecule has 23 nitrogen and oxygen atoms in total. The van der Waals surface area contributed by atoms with E-state index in [-0.39, 0.29) is 66.8 Å². The van der Waals surface area contributed by atoms with Crippen LogP contribution >= 0.6 is 0 Å². The van der Waals surface area contributed by atoms with E-state index in [9.17, 15) is 63.6 Å². The van der Waals surface area contributed by atoms with E-state index in [1.807, 2.05) is 0 Å². The van der Waals surface area contributed by atoms with Crippen LogP contribution in [0.3, 0.4) is 0 Å². The molecular weight excluding hydrogens is 1240 g/mol. The van der Waals surface area contributed by atoms with Crippen LogP contribution in [0.15, 0.2) is 160 Å². The average Bonchev–Trinajstić information content (AvgIpc) is 0.668. The number of carbonyl (C=O) groups excluding carboxylic acids is 8. The third-order valence-corrected chi connectivity index (χ3v) is 18.9. The van der Waals surface area contributed by atoms with E-state index in [0.29, 0.717) is 0 Å². The number of hydrogen-bond acceptors (Lipinski definition) is 20. The molecule has 492 valence electrons. The van der Waals surface area contributed by atoms with Gasteiger partial charge >= 0.3 is 35.8 Å². The van der Waals surface area contributed by atoms with Gasteiger partial charge in [0, 0.05) is 71.9 Å². The molecule has 0 radical (unpaired) electrons. The van der Waals surface area contributed by atoms with Crippen molar-refractivity contribution >= 4 is 64.4 Å². The second kappa shape index (κ2) is 25.1. The van der Waals surface area contributed by atoms with Crippen molar-refractivity contribution < 1.29 is 101 Å². The summed E-state index contributed by atoms with van der Waals surface area (Å²) in [6, 6.07) is 29.3. The highest BCUT2D eigenvalue weighted by Crippen LogP contribution is 2.65. The lowest BCUT2D eigenvalue weighted by molar-refractivity contribution is -0.346. The van der Waals surface area contributed by atoms with Gasteiger partial charge in [0.1, 0.15) is 47.4 Å². The Kier molecular flexibility index (Phi) is 17.5. The molecule has 2 amide bonds. The number of carboxylic acid groups (broad SMARTS) is 1. The van der Waals surface area contributed by atoms with Gasteiger partial charge in [-0.1, -0.05) is 86.6 Å². The maximum atomic E-state index is 16.6. The van der Waals surface area contributed by atoms with Gasteiger partial charge in [-0.2, -0.15) is 0 Å².